The number of amides is 3. The highest BCUT2D eigenvalue weighted by Crippen LogP contribution is 2.16. The van der Waals surface area contributed by atoms with Crippen molar-refractivity contribution in [2.45, 2.75) is 13.8 Å². The summed E-state index contributed by atoms with van der Waals surface area (Å²) in [6, 6.07) is 3.03. The Kier molecular flexibility index (Phi) is 5.64. The second-order valence-corrected chi connectivity index (χ2v) is 3.89. The minimum Gasteiger partial charge on any atom is -0.484 e. The van der Waals surface area contributed by atoms with Gasteiger partial charge >= 0.3 is 6.03 Å². The van der Waals surface area contributed by atoms with Crippen LogP contribution in [0.4, 0.5) is 9.18 Å². The molecule has 0 unspecified atom stereocenters. The number of hydrogen-bond acceptors (Lipinski definition) is 4. The maximum atomic E-state index is 13.5. The van der Waals surface area contributed by atoms with Gasteiger partial charge in [0.2, 0.25) is 0 Å². The molecule has 0 aliphatic heterocycles. The molecule has 0 spiro atoms. The average Bonchev–Trinajstić information content (AvgIpc) is 2.36. The number of halogens is 1. The van der Waals surface area contributed by atoms with Crippen molar-refractivity contribution in [2.75, 3.05) is 13.2 Å². The molecule has 0 aliphatic carbocycles. The van der Waals surface area contributed by atoms with Crippen LogP contribution in [0.3, 0.4) is 0 Å². The number of rotatable bonds is 5. The van der Waals surface area contributed by atoms with Crippen LogP contribution in [0.25, 0.3) is 0 Å². The molecular weight excluding hydrogens is 267 g/mol. The largest absolute Gasteiger partial charge is 0.484 e. The van der Waals surface area contributed by atoms with E-state index in [1.165, 1.54) is 19.1 Å². The maximum absolute atomic E-state index is 13.5. The van der Waals surface area contributed by atoms with E-state index >= 15 is 0 Å². The molecule has 7 heteroatoms. The summed E-state index contributed by atoms with van der Waals surface area (Å²) >= 11 is 0. The van der Waals surface area contributed by atoms with Crippen LogP contribution < -0.4 is 15.4 Å². The number of carbonyl (C=O) groups excluding carboxylic acids is 3. The summed E-state index contributed by atoms with van der Waals surface area (Å²) in [6.45, 7) is 2.91. The lowest BCUT2D eigenvalue weighted by Gasteiger charge is -2.08. The second kappa shape index (κ2) is 7.22. The molecular formula is C13H15FN2O4. The molecule has 2 N–H and O–H groups in total. The summed E-state index contributed by atoms with van der Waals surface area (Å²) in [5.41, 5.74) is -0.0517. The van der Waals surface area contributed by atoms with Gasteiger partial charge in [-0.15, -0.1) is 0 Å². The predicted octanol–water partition coefficient (Wildman–Crippen LogP) is 1.25. The van der Waals surface area contributed by atoms with E-state index in [0.29, 0.717) is 6.54 Å². The number of urea groups is 1. The van der Waals surface area contributed by atoms with Gasteiger partial charge in [0.1, 0.15) is 11.6 Å². The van der Waals surface area contributed by atoms with Gasteiger partial charge in [0.05, 0.1) is 5.56 Å². The third-order valence-electron chi connectivity index (χ3n) is 2.28. The van der Waals surface area contributed by atoms with Crippen molar-refractivity contribution in [1.29, 1.82) is 0 Å². The highest BCUT2D eigenvalue weighted by atomic mass is 19.1. The van der Waals surface area contributed by atoms with E-state index in [4.69, 9.17) is 4.74 Å². The molecule has 0 heterocycles. The molecule has 0 saturated heterocycles. The highest BCUT2D eigenvalue weighted by molar-refractivity contribution is 5.95. The maximum Gasteiger partial charge on any atom is 0.321 e. The number of ketones is 1. The fourth-order valence-electron chi connectivity index (χ4n) is 1.39. The van der Waals surface area contributed by atoms with Crippen molar-refractivity contribution in [3.8, 4) is 5.75 Å². The lowest BCUT2D eigenvalue weighted by atomic mass is 10.1. The van der Waals surface area contributed by atoms with E-state index < -0.39 is 30.1 Å². The Labute approximate surface area is 115 Å². The third-order valence-corrected chi connectivity index (χ3v) is 2.28. The normalized spacial score (nSPS) is 9.75. The first kappa shape index (κ1) is 15.6. The number of benzene rings is 1. The Bertz CT molecular complexity index is 531. The first-order chi connectivity index (χ1) is 9.43. The van der Waals surface area contributed by atoms with Gasteiger partial charge in [-0.3, -0.25) is 14.9 Å². The van der Waals surface area contributed by atoms with Crippen molar-refractivity contribution in [3.05, 3.63) is 29.6 Å². The van der Waals surface area contributed by atoms with E-state index in [1.54, 1.807) is 6.92 Å². The number of Topliss-reactive ketones (excluding diaryl/α,β-unsaturated/α-hetero) is 1. The van der Waals surface area contributed by atoms with Gasteiger partial charge in [-0.25, -0.2) is 9.18 Å². The molecule has 0 atom stereocenters. The first-order valence-corrected chi connectivity index (χ1v) is 5.95. The van der Waals surface area contributed by atoms with Gasteiger partial charge in [-0.1, -0.05) is 0 Å². The predicted molar refractivity (Wildman–Crippen MR) is 69.1 cm³/mol. The lowest BCUT2D eigenvalue weighted by molar-refractivity contribution is -0.122. The van der Waals surface area contributed by atoms with Crippen molar-refractivity contribution < 1.29 is 23.5 Å². The number of imide groups is 1. The van der Waals surface area contributed by atoms with Crippen LogP contribution in [0.1, 0.15) is 24.2 Å². The fraction of sp³-hybridized carbons (Fsp3) is 0.308. The smallest absolute Gasteiger partial charge is 0.321 e. The molecule has 0 fully saturated rings. The third kappa shape index (κ3) is 4.68. The minimum atomic E-state index is -0.723. The van der Waals surface area contributed by atoms with Crippen LogP contribution in [-0.4, -0.2) is 30.9 Å². The van der Waals surface area contributed by atoms with E-state index in [-0.39, 0.29) is 11.3 Å². The zero-order valence-corrected chi connectivity index (χ0v) is 11.2. The molecule has 108 valence electrons. The summed E-state index contributed by atoms with van der Waals surface area (Å²) in [5, 5.41) is 4.41. The first-order valence-electron chi connectivity index (χ1n) is 5.95. The zero-order valence-electron chi connectivity index (χ0n) is 11.2. The number of nitrogens with one attached hydrogen (secondary N) is 2. The summed E-state index contributed by atoms with van der Waals surface area (Å²) in [7, 11) is 0. The summed E-state index contributed by atoms with van der Waals surface area (Å²) in [4.78, 5) is 33.4. The van der Waals surface area contributed by atoms with Crippen molar-refractivity contribution in [3.63, 3.8) is 0 Å². The van der Waals surface area contributed by atoms with Gasteiger partial charge in [0, 0.05) is 12.6 Å². The Morgan fingerprint density at radius 2 is 2.00 bits per heavy atom. The molecule has 1 rings (SSSR count). The lowest BCUT2D eigenvalue weighted by Crippen LogP contribution is -2.41. The van der Waals surface area contributed by atoms with Gasteiger partial charge in [-0.05, 0) is 26.0 Å². The highest BCUT2D eigenvalue weighted by Gasteiger charge is 2.10. The van der Waals surface area contributed by atoms with Gasteiger partial charge in [0.25, 0.3) is 5.91 Å². The molecule has 20 heavy (non-hydrogen) atoms. The van der Waals surface area contributed by atoms with Crippen LogP contribution in [0, 0.1) is 5.82 Å². The Morgan fingerprint density at radius 1 is 1.30 bits per heavy atom. The number of hydrogen-bond donors (Lipinski definition) is 2. The Hall–Kier alpha value is -2.44. The Balaban J connectivity index is 2.54. The molecule has 0 aliphatic rings. The zero-order chi connectivity index (χ0) is 15.1. The molecule has 6 nitrogen and oxygen atoms in total. The molecule has 0 bridgehead atoms. The molecule has 0 aromatic heterocycles. The summed E-state index contributed by atoms with van der Waals surface area (Å²) in [6.07, 6.45) is 0. The molecule has 1 aromatic rings. The standard InChI is InChI=1S/C13H15FN2O4/c1-3-15-13(19)16-12(18)7-20-9-4-5-10(8(2)17)11(14)6-9/h4-6H,3,7H2,1-2H3,(H2,15,16,18,19). The second-order valence-electron chi connectivity index (χ2n) is 3.89. The monoisotopic (exact) mass is 282 g/mol. The molecule has 0 radical (unpaired) electrons. The Morgan fingerprint density at radius 3 is 2.55 bits per heavy atom. The van der Waals surface area contributed by atoms with Gasteiger partial charge < -0.3 is 10.1 Å². The summed E-state index contributed by atoms with van der Waals surface area (Å²) < 4.78 is 18.5. The van der Waals surface area contributed by atoms with Crippen LogP contribution in [0.5, 0.6) is 5.75 Å². The van der Waals surface area contributed by atoms with E-state index in [0.717, 1.165) is 6.07 Å². The van der Waals surface area contributed by atoms with Gasteiger partial charge in [-0.2, -0.15) is 0 Å². The van der Waals surface area contributed by atoms with E-state index in [2.05, 4.69) is 5.32 Å². The number of ether oxygens (including phenoxy) is 1. The fourth-order valence-corrected chi connectivity index (χ4v) is 1.39. The van der Waals surface area contributed by atoms with Crippen molar-refractivity contribution in [2.24, 2.45) is 0 Å². The van der Waals surface area contributed by atoms with Crippen LogP contribution in [0.2, 0.25) is 0 Å². The quantitative estimate of drug-likeness (QED) is 0.796. The SMILES string of the molecule is CCNC(=O)NC(=O)COc1ccc(C(C)=O)c(F)c1. The van der Waals surface area contributed by atoms with Crippen molar-refractivity contribution >= 4 is 17.7 Å². The minimum absolute atomic E-state index is 0.0517. The van der Waals surface area contributed by atoms with Crippen LogP contribution >= 0.6 is 0 Å². The number of carbonyl (C=O) groups is 3. The molecule has 1 aromatic carbocycles. The molecule has 3 amide bonds. The van der Waals surface area contributed by atoms with Gasteiger partial charge in [0.15, 0.2) is 12.4 Å². The van der Waals surface area contributed by atoms with Crippen molar-refractivity contribution in [1.82, 2.24) is 10.6 Å². The summed E-state index contributed by atoms with van der Waals surface area (Å²) in [5.74, 6) is -1.69. The molecule has 0 saturated carbocycles. The van der Waals surface area contributed by atoms with Crippen LogP contribution in [0.15, 0.2) is 18.2 Å². The van der Waals surface area contributed by atoms with E-state index in [1.807, 2.05) is 5.32 Å². The topological polar surface area (TPSA) is 84.5 Å². The average molecular weight is 282 g/mol. The van der Waals surface area contributed by atoms with Crippen LogP contribution in [-0.2, 0) is 4.79 Å². The van der Waals surface area contributed by atoms with E-state index in [9.17, 15) is 18.8 Å².